The zero-order valence-corrected chi connectivity index (χ0v) is 16.3. The number of aryl methyl sites for hydroxylation is 1. The van der Waals surface area contributed by atoms with Gasteiger partial charge >= 0.3 is 0 Å². The third-order valence-electron chi connectivity index (χ3n) is 4.98. The molecule has 0 radical (unpaired) electrons. The van der Waals surface area contributed by atoms with Crippen molar-refractivity contribution in [2.75, 3.05) is 31.1 Å². The van der Waals surface area contributed by atoms with E-state index in [-0.39, 0.29) is 5.91 Å². The van der Waals surface area contributed by atoms with Gasteiger partial charge in [0.05, 0.1) is 12.1 Å². The Kier molecular flexibility index (Phi) is 5.21. The van der Waals surface area contributed by atoms with Crippen LogP contribution in [-0.4, -0.2) is 42.0 Å². The Morgan fingerprint density at radius 1 is 0.963 bits per heavy atom. The molecule has 1 aliphatic rings. The van der Waals surface area contributed by atoms with Crippen molar-refractivity contribution in [1.82, 2.24) is 9.88 Å². The predicted octanol–water partition coefficient (Wildman–Crippen LogP) is 4.01. The molecule has 27 heavy (non-hydrogen) atoms. The van der Waals surface area contributed by atoms with E-state index in [1.54, 1.807) is 11.3 Å². The molecule has 1 fully saturated rings. The number of hydrogen-bond acceptors (Lipinski definition) is 4. The van der Waals surface area contributed by atoms with Crippen molar-refractivity contribution >= 4 is 22.9 Å². The molecular weight excluding hydrogens is 354 g/mol. The van der Waals surface area contributed by atoms with E-state index in [0.717, 1.165) is 47.3 Å². The zero-order chi connectivity index (χ0) is 18.6. The van der Waals surface area contributed by atoms with Gasteiger partial charge in [-0.1, -0.05) is 48.5 Å². The maximum absolute atomic E-state index is 12.8. The van der Waals surface area contributed by atoms with Gasteiger partial charge in [0.1, 0.15) is 5.01 Å². The van der Waals surface area contributed by atoms with Crippen molar-refractivity contribution in [2.45, 2.75) is 13.3 Å². The highest BCUT2D eigenvalue weighted by atomic mass is 32.1. The Labute approximate surface area is 164 Å². The standard InChI is InChI=1S/C22H23N3OS/c1-17-20(27-22(23-17)18-8-4-2-5-9-18)16-21(26)25-14-12-24(13-15-25)19-10-6-3-7-11-19/h2-11H,12-16H2,1H3. The van der Waals surface area contributed by atoms with Crippen molar-refractivity contribution in [1.29, 1.82) is 0 Å². The number of piperazine rings is 1. The second-order valence-corrected chi connectivity index (χ2v) is 7.86. The van der Waals surface area contributed by atoms with Gasteiger partial charge in [-0.2, -0.15) is 0 Å². The number of amides is 1. The molecule has 1 aliphatic heterocycles. The molecule has 0 spiro atoms. The van der Waals surface area contributed by atoms with E-state index in [2.05, 4.69) is 46.3 Å². The van der Waals surface area contributed by atoms with Gasteiger partial charge in [-0.3, -0.25) is 4.79 Å². The summed E-state index contributed by atoms with van der Waals surface area (Å²) in [7, 11) is 0. The number of carbonyl (C=O) groups excluding carboxylic acids is 1. The van der Waals surface area contributed by atoms with Crippen LogP contribution in [0.3, 0.4) is 0 Å². The number of carbonyl (C=O) groups is 1. The van der Waals surface area contributed by atoms with E-state index in [4.69, 9.17) is 0 Å². The Morgan fingerprint density at radius 3 is 2.26 bits per heavy atom. The fraction of sp³-hybridized carbons (Fsp3) is 0.273. The lowest BCUT2D eigenvalue weighted by Gasteiger charge is -2.36. The van der Waals surface area contributed by atoms with Crippen molar-refractivity contribution in [3.63, 3.8) is 0 Å². The SMILES string of the molecule is Cc1nc(-c2ccccc2)sc1CC(=O)N1CCN(c2ccccc2)CC1. The summed E-state index contributed by atoms with van der Waals surface area (Å²) >= 11 is 1.63. The van der Waals surface area contributed by atoms with Crippen LogP contribution in [0.4, 0.5) is 5.69 Å². The van der Waals surface area contributed by atoms with Crippen LogP contribution in [0.2, 0.25) is 0 Å². The maximum atomic E-state index is 12.8. The van der Waals surface area contributed by atoms with Gasteiger partial charge in [0.25, 0.3) is 0 Å². The molecule has 0 saturated carbocycles. The molecule has 1 saturated heterocycles. The highest BCUT2D eigenvalue weighted by Gasteiger charge is 2.23. The first-order valence-corrected chi connectivity index (χ1v) is 10.1. The normalized spacial score (nSPS) is 14.4. The largest absolute Gasteiger partial charge is 0.368 e. The quantitative estimate of drug-likeness (QED) is 0.689. The number of nitrogens with zero attached hydrogens (tertiary/aromatic N) is 3. The maximum Gasteiger partial charge on any atom is 0.228 e. The monoisotopic (exact) mass is 377 g/mol. The molecule has 0 atom stereocenters. The number of anilines is 1. The average molecular weight is 378 g/mol. The first kappa shape index (κ1) is 17.7. The fourth-order valence-corrected chi connectivity index (χ4v) is 4.46. The van der Waals surface area contributed by atoms with E-state index in [1.807, 2.05) is 36.1 Å². The Balaban J connectivity index is 1.38. The van der Waals surface area contributed by atoms with Crippen LogP contribution in [0.5, 0.6) is 0 Å². The number of aromatic nitrogens is 1. The molecule has 0 aliphatic carbocycles. The summed E-state index contributed by atoms with van der Waals surface area (Å²) in [4.78, 5) is 22.9. The molecule has 0 bridgehead atoms. The summed E-state index contributed by atoms with van der Waals surface area (Å²) in [5.74, 6) is 0.203. The zero-order valence-electron chi connectivity index (χ0n) is 15.5. The van der Waals surface area contributed by atoms with Crippen molar-refractivity contribution in [3.8, 4) is 10.6 Å². The molecule has 0 unspecified atom stereocenters. The lowest BCUT2D eigenvalue weighted by atomic mass is 10.2. The first-order chi connectivity index (χ1) is 13.2. The van der Waals surface area contributed by atoms with Crippen molar-refractivity contribution in [3.05, 3.63) is 71.2 Å². The third-order valence-corrected chi connectivity index (χ3v) is 6.19. The summed E-state index contributed by atoms with van der Waals surface area (Å²) in [5.41, 5.74) is 3.31. The molecule has 0 N–H and O–H groups in total. The van der Waals surface area contributed by atoms with Crippen LogP contribution in [0.25, 0.3) is 10.6 Å². The fourth-order valence-electron chi connectivity index (χ4n) is 3.40. The lowest BCUT2D eigenvalue weighted by molar-refractivity contribution is -0.130. The second-order valence-electron chi connectivity index (χ2n) is 6.77. The summed E-state index contributed by atoms with van der Waals surface area (Å²) in [6.45, 7) is 5.31. The van der Waals surface area contributed by atoms with E-state index >= 15 is 0 Å². The van der Waals surface area contributed by atoms with Gasteiger partial charge in [0.2, 0.25) is 5.91 Å². The average Bonchev–Trinajstić information content (AvgIpc) is 3.10. The first-order valence-electron chi connectivity index (χ1n) is 9.30. The molecule has 138 valence electrons. The van der Waals surface area contributed by atoms with Crippen LogP contribution in [0, 0.1) is 6.92 Å². The molecular formula is C22H23N3OS. The molecule has 1 amide bonds. The van der Waals surface area contributed by atoms with E-state index in [9.17, 15) is 4.79 Å². The molecule has 4 nitrogen and oxygen atoms in total. The minimum Gasteiger partial charge on any atom is -0.368 e. The Bertz CT molecular complexity index is 900. The molecule has 3 aromatic rings. The van der Waals surface area contributed by atoms with Gasteiger partial charge in [-0.05, 0) is 19.1 Å². The number of thiazole rings is 1. The van der Waals surface area contributed by atoms with Gasteiger partial charge in [0.15, 0.2) is 0 Å². The van der Waals surface area contributed by atoms with Gasteiger partial charge < -0.3 is 9.80 Å². The number of benzene rings is 2. The second kappa shape index (κ2) is 7.92. The highest BCUT2D eigenvalue weighted by Crippen LogP contribution is 2.28. The minimum atomic E-state index is 0.203. The van der Waals surface area contributed by atoms with Crippen molar-refractivity contribution in [2.24, 2.45) is 0 Å². The molecule has 2 heterocycles. The van der Waals surface area contributed by atoms with Crippen LogP contribution in [0.1, 0.15) is 10.6 Å². The molecule has 2 aromatic carbocycles. The van der Waals surface area contributed by atoms with Crippen LogP contribution in [-0.2, 0) is 11.2 Å². The minimum absolute atomic E-state index is 0.203. The van der Waals surface area contributed by atoms with Crippen molar-refractivity contribution < 1.29 is 4.79 Å². The molecule has 4 rings (SSSR count). The van der Waals surface area contributed by atoms with E-state index < -0.39 is 0 Å². The third kappa shape index (κ3) is 4.03. The van der Waals surface area contributed by atoms with Gasteiger partial charge in [-0.15, -0.1) is 11.3 Å². The summed E-state index contributed by atoms with van der Waals surface area (Å²) < 4.78 is 0. The summed E-state index contributed by atoms with van der Waals surface area (Å²) in [6, 6.07) is 20.6. The van der Waals surface area contributed by atoms with E-state index in [1.165, 1.54) is 5.69 Å². The summed E-state index contributed by atoms with van der Waals surface area (Å²) in [6.07, 6.45) is 0.446. The predicted molar refractivity (Wildman–Crippen MR) is 111 cm³/mol. The van der Waals surface area contributed by atoms with Crippen LogP contribution in [0.15, 0.2) is 60.7 Å². The number of hydrogen-bond donors (Lipinski definition) is 0. The van der Waals surface area contributed by atoms with Crippen LogP contribution < -0.4 is 4.90 Å². The number of rotatable bonds is 4. The Morgan fingerprint density at radius 2 is 1.59 bits per heavy atom. The van der Waals surface area contributed by atoms with E-state index in [0.29, 0.717) is 6.42 Å². The molecule has 1 aromatic heterocycles. The van der Waals surface area contributed by atoms with Crippen LogP contribution >= 0.6 is 11.3 Å². The lowest BCUT2D eigenvalue weighted by Crippen LogP contribution is -2.49. The smallest absolute Gasteiger partial charge is 0.228 e. The molecule has 5 heteroatoms. The summed E-state index contributed by atoms with van der Waals surface area (Å²) in [5, 5.41) is 0.991. The Hall–Kier alpha value is -2.66. The van der Waals surface area contributed by atoms with Gasteiger partial charge in [0, 0.05) is 42.3 Å². The highest BCUT2D eigenvalue weighted by molar-refractivity contribution is 7.15. The topological polar surface area (TPSA) is 36.4 Å². The van der Waals surface area contributed by atoms with Gasteiger partial charge in [-0.25, -0.2) is 4.98 Å². The number of para-hydroxylation sites is 1.